The van der Waals surface area contributed by atoms with Crippen LogP contribution in [0, 0.1) is 5.92 Å². The number of hydrogen-bond acceptors (Lipinski definition) is 3. The van der Waals surface area contributed by atoms with E-state index in [1.54, 1.807) is 13.2 Å². The third kappa shape index (κ3) is 5.86. The number of carbonyl (C=O) groups is 2. The molecule has 4 nitrogen and oxygen atoms in total. The summed E-state index contributed by atoms with van der Waals surface area (Å²) in [4.78, 5) is 23.0. The van der Waals surface area contributed by atoms with Crippen molar-refractivity contribution >= 4 is 39.1 Å². The van der Waals surface area contributed by atoms with Crippen LogP contribution < -0.4 is 4.74 Å². The van der Waals surface area contributed by atoms with Gasteiger partial charge in [-0.15, -0.1) is 0 Å². The summed E-state index contributed by atoms with van der Waals surface area (Å²) >= 11 is 6.28. The molecular formula is C22H23AsClO4. The fourth-order valence-electron chi connectivity index (χ4n) is 3.17. The molecular weight excluding hydrogens is 439 g/mol. The van der Waals surface area contributed by atoms with Gasteiger partial charge in [-0.1, -0.05) is 0 Å². The van der Waals surface area contributed by atoms with Crippen molar-refractivity contribution in [2.24, 2.45) is 5.92 Å². The number of benzene rings is 2. The van der Waals surface area contributed by atoms with Gasteiger partial charge in [0.1, 0.15) is 0 Å². The van der Waals surface area contributed by atoms with Crippen molar-refractivity contribution in [1.29, 1.82) is 0 Å². The Morgan fingerprint density at radius 1 is 1.21 bits per heavy atom. The number of carbonyl (C=O) groups excluding carboxylic acids is 1. The average molecular weight is 462 g/mol. The summed E-state index contributed by atoms with van der Waals surface area (Å²) in [5, 5.41) is 11.5. The van der Waals surface area contributed by atoms with Gasteiger partial charge in [-0.2, -0.15) is 0 Å². The Bertz CT molecular complexity index is 877. The van der Waals surface area contributed by atoms with E-state index in [2.05, 4.69) is 6.07 Å². The van der Waals surface area contributed by atoms with Gasteiger partial charge in [-0.05, 0) is 0 Å². The second-order valence-electron chi connectivity index (χ2n) is 7.04. The second-order valence-corrected chi connectivity index (χ2v) is 10.0. The van der Waals surface area contributed by atoms with Crippen LogP contribution in [0.4, 0.5) is 0 Å². The summed E-state index contributed by atoms with van der Waals surface area (Å²) in [6.07, 6.45) is 2.79. The Balaban J connectivity index is 1.79. The van der Waals surface area contributed by atoms with Crippen LogP contribution in [0.1, 0.15) is 30.4 Å². The maximum atomic E-state index is 11.9. The van der Waals surface area contributed by atoms with Crippen molar-refractivity contribution < 1.29 is 19.4 Å². The predicted molar refractivity (Wildman–Crippen MR) is 111 cm³/mol. The number of ketones is 1. The molecule has 1 fully saturated rings. The van der Waals surface area contributed by atoms with Crippen molar-refractivity contribution in [3.05, 3.63) is 52.5 Å². The first-order valence-corrected chi connectivity index (χ1v) is 12.3. The molecule has 1 aliphatic carbocycles. The van der Waals surface area contributed by atoms with E-state index in [0.717, 1.165) is 40.1 Å². The molecule has 6 heteroatoms. The Labute approximate surface area is 176 Å². The fraction of sp³-hybridized carbons (Fsp3) is 0.364. The summed E-state index contributed by atoms with van der Waals surface area (Å²) in [5.74, 6) is 0.637. The second kappa shape index (κ2) is 9.62. The topological polar surface area (TPSA) is 63.6 Å². The molecule has 0 atom stereocenters. The third-order valence-electron chi connectivity index (χ3n) is 4.77. The van der Waals surface area contributed by atoms with Gasteiger partial charge in [0.05, 0.1) is 0 Å². The van der Waals surface area contributed by atoms with E-state index in [4.69, 9.17) is 21.4 Å². The quantitative estimate of drug-likeness (QED) is 0.414. The number of halogens is 1. The molecule has 1 aliphatic rings. The van der Waals surface area contributed by atoms with Crippen molar-refractivity contribution in [3.8, 4) is 16.9 Å². The molecule has 0 amide bonds. The number of rotatable bonds is 10. The molecule has 0 spiro atoms. The number of carboxylic acids is 1. The molecule has 0 heterocycles. The van der Waals surface area contributed by atoms with Crippen LogP contribution in [-0.2, 0) is 21.2 Å². The van der Waals surface area contributed by atoms with Gasteiger partial charge in [-0.3, -0.25) is 0 Å². The van der Waals surface area contributed by atoms with E-state index in [0.29, 0.717) is 28.7 Å². The van der Waals surface area contributed by atoms with E-state index in [1.807, 2.05) is 24.3 Å². The van der Waals surface area contributed by atoms with Crippen molar-refractivity contribution in [2.45, 2.75) is 36.1 Å². The number of hydrogen-bond donors (Lipinski definition) is 1. The average Bonchev–Trinajstić information content (AvgIpc) is 3.49. The van der Waals surface area contributed by atoms with E-state index < -0.39 is 5.97 Å². The van der Waals surface area contributed by atoms with Crippen LogP contribution in [0.3, 0.4) is 0 Å². The number of methoxy groups -OCH3 is 1. The zero-order chi connectivity index (χ0) is 20.1. The number of aliphatic carboxylic acids is 1. The fourth-order valence-corrected chi connectivity index (χ4v) is 5.64. The number of Topliss-reactive ketones (excluding diaryl/α,β-unsaturated/α-hetero) is 1. The first-order chi connectivity index (χ1) is 13.5. The van der Waals surface area contributed by atoms with Gasteiger partial charge in [0, 0.05) is 0 Å². The van der Waals surface area contributed by atoms with E-state index in [-0.39, 0.29) is 22.2 Å². The van der Waals surface area contributed by atoms with Gasteiger partial charge in [0.2, 0.25) is 0 Å². The van der Waals surface area contributed by atoms with Crippen LogP contribution in [0.15, 0.2) is 36.4 Å². The third-order valence-corrected chi connectivity index (χ3v) is 7.31. The number of carboxylic acid groups (broad SMARTS) is 1. The van der Waals surface area contributed by atoms with E-state index >= 15 is 0 Å². The SMILES string of the molecule is COc1ccc(C[As]CCC(=O)C2CC2)c(-c2cc(Cl)cc(CC(=O)O)c2)c1. The number of ether oxygens (including phenoxy) is 1. The summed E-state index contributed by atoms with van der Waals surface area (Å²) < 4.78 is 5.38. The zero-order valence-corrected chi connectivity index (χ0v) is 18.4. The normalized spacial score (nSPS) is 13.8. The predicted octanol–water partition coefficient (Wildman–Crippen LogP) is 4.63. The molecule has 1 radical (unpaired) electrons. The Morgan fingerprint density at radius 3 is 2.68 bits per heavy atom. The van der Waals surface area contributed by atoms with Crippen LogP contribution >= 0.6 is 11.6 Å². The van der Waals surface area contributed by atoms with E-state index in [1.165, 1.54) is 5.56 Å². The van der Waals surface area contributed by atoms with Gasteiger partial charge in [0.25, 0.3) is 0 Å². The van der Waals surface area contributed by atoms with Crippen LogP contribution in [-0.4, -0.2) is 39.7 Å². The Morgan fingerprint density at radius 2 is 2.00 bits per heavy atom. The minimum atomic E-state index is -0.885. The molecule has 0 aliphatic heterocycles. The van der Waals surface area contributed by atoms with Crippen LogP contribution in [0.25, 0.3) is 11.1 Å². The molecule has 147 valence electrons. The Kier molecular flexibility index (Phi) is 7.20. The van der Waals surface area contributed by atoms with E-state index in [9.17, 15) is 9.59 Å². The van der Waals surface area contributed by atoms with Crippen LogP contribution in [0.2, 0.25) is 10.2 Å². The minimum absolute atomic E-state index is 0.0291. The molecule has 28 heavy (non-hydrogen) atoms. The maximum absolute atomic E-state index is 11.9. The summed E-state index contributed by atoms with van der Waals surface area (Å²) in [5.41, 5.74) is 3.76. The van der Waals surface area contributed by atoms with Crippen molar-refractivity contribution in [3.63, 3.8) is 0 Å². The first kappa shape index (κ1) is 20.9. The standard InChI is InChI=1S/C22H23AsClO4/c1-28-19-5-4-16(13-23-7-6-21(25)15-2-3-15)20(12-19)17-8-14(10-22(26)27)9-18(24)11-17/h4-5,8-9,11-12,15H,2-3,6-7,10,13H2,1H3,(H,26,27). The molecule has 1 N–H and O–H groups in total. The summed E-state index contributed by atoms with van der Waals surface area (Å²) in [7, 11) is 1.63. The molecule has 0 saturated heterocycles. The molecule has 3 rings (SSSR count). The summed E-state index contributed by atoms with van der Waals surface area (Å²) in [6, 6.07) is 11.4. The molecule has 2 aromatic carbocycles. The first-order valence-electron chi connectivity index (χ1n) is 9.31. The van der Waals surface area contributed by atoms with Gasteiger partial charge < -0.3 is 0 Å². The Hall–Kier alpha value is -1.77. The molecule has 0 bridgehead atoms. The van der Waals surface area contributed by atoms with Crippen molar-refractivity contribution in [2.75, 3.05) is 7.11 Å². The van der Waals surface area contributed by atoms with Gasteiger partial charge in [-0.25, -0.2) is 0 Å². The van der Waals surface area contributed by atoms with Crippen molar-refractivity contribution in [1.82, 2.24) is 0 Å². The van der Waals surface area contributed by atoms with Gasteiger partial charge in [0.15, 0.2) is 0 Å². The van der Waals surface area contributed by atoms with Gasteiger partial charge >= 0.3 is 177 Å². The zero-order valence-electron chi connectivity index (χ0n) is 15.8. The monoisotopic (exact) mass is 461 g/mol. The molecule has 1 saturated carbocycles. The molecule has 2 aromatic rings. The molecule has 0 unspecified atom stereocenters. The molecule has 0 aromatic heterocycles. The summed E-state index contributed by atoms with van der Waals surface area (Å²) in [6.45, 7) is 0. The van der Waals surface area contributed by atoms with Crippen LogP contribution in [0.5, 0.6) is 5.75 Å².